The average molecular weight is 292 g/mol. The highest BCUT2D eigenvalue weighted by Gasteiger charge is 2.09. The Bertz CT molecular complexity index is 492. The zero-order valence-electron chi connectivity index (χ0n) is 13.3. The van der Waals surface area contributed by atoms with Crippen molar-refractivity contribution in [1.82, 2.24) is 0 Å². The molecule has 0 radical (unpaired) electrons. The van der Waals surface area contributed by atoms with Gasteiger partial charge in [-0.2, -0.15) is 0 Å². The van der Waals surface area contributed by atoms with E-state index in [2.05, 4.69) is 13.8 Å². The number of hydrogen-bond donors (Lipinski definition) is 0. The Morgan fingerprint density at radius 1 is 1.19 bits per heavy atom. The molecule has 0 spiro atoms. The van der Waals surface area contributed by atoms with E-state index in [0.717, 1.165) is 5.56 Å². The molecule has 0 heterocycles. The summed E-state index contributed by atoms with van der Waals surface area (Å²) < 4.78 is 10.2. The summed E-state index contributed by atoms with van der Waals surface area (Å²) in [6, 6.07) is 5.84. The first-order chi connectivity index (χ1) is 9.93. The van der Waals surface area contributed by atoms with E-state index >= 15 is 0 Å². The lowest BCUT2D eigenvalue weighted by Gasteiger charge is -2.12. The molecular weight excluding hydrogens is 268 g/mol. The number of rotatable bonds is 8. The summed E-state index contributed by atoms with van der Waals surface area (Å²) in [5.74, 6) is 0.697. The molecule has 0 atom stereocenters. The summed E-state index contributed by atoms with van der Waals surface area (Å²) in [6.45, 7) is 8.38. The minimum absolute atomic E-state index is 0.0140. The normalized spacial score (nSPS) is 10.5. The van der Waals surface area contributed by atoms with Crippen molar-refractivity contribution >= 4 is 11.8 Å². The van der Waals surface area contributed by atoms with Crippen LogP contribution in [-0.2, 0) is 14.3 Å². The zero-order chi connectivity index (χ0) is 15.8. The van der Waals surface area contributed by atoms with Crippen molar-refractivity contribution in [3.63, 3.8) is 0 Å². The lowest BCUT2D eigenvalue weighted by atomic mass is 9.98. The van der Waals surface area contributed by atoms with Crippen molar-refractivity contribution < 1.29 is 19.1 Å². The molecule has 0 amide bonds. The van der Waals surface area contributed by atoms with Gasteiger partial charge in [0.25, 0.3) is 0 Å². The molecular formula is C17H24O4. The monoisotopic (exact) mass is 292 g/mol. The number of ketones is 1. The molecule has 1 aromatic carbocycles. The number of hydrogen-bond acceptors (Lipinski definition) is 4. The molecule has 0 aliphatic carbocycles. The van der Waals surface area contributed by atoms with E-state index in [-0.39, 0.29) is 31.2 Å². The van der Waals surface area contributed by atoms with E-state index in [0.29, 0.717) is 18.3 Å². The molecule has 1 aromatic rings. The fourth-order valence-electron chi connectivity index (χ4n) is 2.10. The Labute approximate surface area is 126 Å². The molecule has 4 heteroatoms. The van der Waals surface area contributed by atoms with Crippen LogP contribution in [-0.4, -0.2) is 25.0 Å². The predicted molar refractivity (Wildman–Crippen MR) is 81.6 cm³/mol. The van der Waals surface area contributed by atoms with Gasteiger partial charge in [-0.15, -0.1) is 0 Å². The Morgan fingerprint density at radius 2 is 1.90 bits per heavy atom. The average Bonchev–Trinajstić information content (AvgIpc) is 2.43. The fraction of sp³-hybridized carbons (Fsp3) is 0.529. The Hall–Kier alpha value is -1.84. The highest BCUT2D eigenvalue weighted by Crippen LogP contribution is 2.23. The molecule has 0 N–H and O–H groups in total. The maximum Gasteiger partial charge on any atom is 0.306 e. The summed E-state index contributed by atoms with van der Waals surface area (Å²) in [5, 5.41) is 0. The van der Waals surface area contributed by atoms with Crippen LogP contribution < -0.4 is 4.74 Å². The van der Waals surface area contributed by atoms with Gasteiger partial charge in [-0.1, -0.05) is 19.9 Å². The van der Waals surface area contributed by atoms with Gasteiger partial charge in [-0.05, 0) is 43.0 Å². The number of esters is 1. The molecule has 0 bridgehead atoms. The summed E-state index contributed by atoms with van der Waals surface area (Å²) in [7, 11) is 0. The van der Waals surface area contributed by atoms with Gasteiger partial charge in [-0.3, -0.25) is 9.59 Å². The smallest absolute Gasteiger partial charge is 0.306 e. The van der Waals surface area contributed by atoms with Gasteiger partial charge in [0.05, 0.1) is 13.0 Å². The third-order valence-corrected chi connectivity index (χ3v) is 3.18. The van der Waals surface area contributed by atoms with Crippen LogP contribution in [0.4, 0.5) is 0 Å². The van der Waals surface area contributed by atoms with E-state index in [4.69, 9.17) is 9.47 Å². The maximum absolute atomic E-state index is 11.7. The van der Waals surface area contributed by atoms with Crippen LogP contribution in [0.5, 0.6) is 5.75 Å². The Kier molecular flexibility index (Phi) is 6.92. The number of Topliss-reactive ketones (excluding diaryl/α,β-unsaturated/α-hetero) is 1. The van der Waals surface area contributed by atoms with Crippen molar-refractivity contribution in [2.45, 2.75) is 46.5 Å². The second kappa shape index (κ2) is 8.45. The maximum atomic E-state index is 11.7. The van der Waals surface area contributed by atoms with Crippen LogP contribution in [0.1, 0.15) is 50.7 Å². The van der Waals surface area contributed by atoms with Crippen LogP contribution in [0.3, 0.4) is 0 Å². The number of benzene rings is 1. The van der Waals surface area contributed by atoms with Gasteiger partial charge in [-0.25, -0.2) is 0 Å². The molecule has 21 heavy (non-hydrogen) atoms. The molecule has 1 rings (SSSR count). The van der Waals surface area contributed by atoms with Gasteiger partial charge in [0.2, 0.25) is 0 Å². The molecule has 116 valence electrons. The van der Waals surface area contributed by atoms with Gasteiger partial charge >= 0.3 is 5.97 Å². The van der Waals surface area contributed by atoms with Gasteiger partial charge in [0.15, 0.2) is 5.78 Å². The quantitative estimate of drug-likeness (QED) is 0.689. The van der Waals surface area contributed by atoms with E-state index in [1.54, 1.807) is 6.92 Å². The van der Waals surface area contributed by atoms with Gasteiger partial charge < -0.3 is 9.47 Å². The van der Waals surface area contributed by atoms with Crippen molar-refractivity contribution in [1.29, 1.82) is 0 Å². The minimum Gasteiger partial charge on any atom is -0.486 e. The summed E-state index contributed by atoms with van der Waals surface area (Å²) in [4.78, 5) is 22.8. The van der Waals surface area contributed by atoms with Crippen molar-refractivity contribution in [2.75, 3.05) is 13.2 Å². The largest absolute Gasteiger partial charge is 0.486 e. The highest BCUT2D eigenvalue weighted by atomic mass is 16.5. The number of carbonyl (C=O) groups is 2. The van der Waals surface area contributed by atoms with Crippen molar-refractivity contribution in [3.05, 3.63) is 29.3 Å². The predicted octanol–water partition coefficient (Wildman–Crippen LogP) is 3.41. The molecule has 0 saturated heterocycles. The van der Waals surface area contributed by atoms with Crippen LogP contribution in [0.15, 0.2) is 18.2 Å². The first-order valence-corrected chi connectivity index (χ1v) is 7.34. The van der Waals surface area contributed by atoms with Crippen molar-refractivity contribution in [2.24, 2.45) is 0 Å². The lowest BCUT2D eigenvalue weighted by Crippen LogP contribution is -2.14. The highest BCUT2D eigenvalue weighted by molar-refractivity contribution is 5.84. The van der Waals surface area contributed by atoms with Gasteiger partial charge in [0.1, 0.15) is 12.4 Å². The van der Waals surface area contributed by atoms with Crippen LogP contribution in [0.2, 0.25) is 0 Å². The molecule has 0 saturated carbocycles. The first-order valence-electron chi connectivity index (χ1n) is 7.34. The topological polar surface area (TPSA) is 52.6 Å². The van der Waals surface area contributed by atoms with E-state index < -0.39 is 0 Å². The molecule has 0 unspecified atom stereocenters. The minimum atomic E-state index is -0.344. The first kappa shape index (κ1) is 17.2. The van der Waals surface area contributed by atoms with Crippen molar-refractivity contribution in [3.8, 4) is 5.75 Å². The van der Waals surface area contributed by atoms with E-state index in [1.165, 1.54) is 5.56 Å². The van der Waals surface area contributed by atoms with Crippen LogP contribution >= 0.6 is 0 Å². The molecule has 0 aromatic heterocycles. The second-order valence-electron chi connectivity index (χ2n) is 5.31. The summed E-state index contributed by atoms with van der Waals surface area (Å²) in [6.07, 6.45) is 0.267. The number of aryl methyl sites for hydroxylation is 1. The lowest BCUT2D eigenvalue weighted by molar-refractivity contribution is -0.144. The van der Waals surface area contributed by atoms with E-state index in [1.807, 2.05) is 25.1 Å². The third kappa shape index (κ3) is 5.98. The van der Waals surface area contributed by atoms with Gasteiger partial charge in [0, 0.05) is 6.42 Å². The number of carbonyl (C=O) groups excluding carboxylic acids is 2. The number of ether oxygens (including phenoxy) is 2. The molecule has 0 fully saturated rings. The van der Waals surface area contributed by atoms with Crippen LogP contribution in [0.25, 0.3) is 0 Å². The fourth-order valence-corrected chi connectivity index (χ4v) is 2.10. The second-order valence-corrected chi connectivity index (χ2v) is 5.31. The summed E-state index contributed by atoms with van der Waals surface area (Å²) >= 11 is 0. The SMILES string of the molecule is CCOC(=O)CCC(=O)COc1ccc(C(C)C)c(C)c1. The van der Waals surface area contributed by atoms with E-state index in [9.17, 15) is 9.59 Å². The zero-order valence-corrected chi connectivity index (χ0v) is 13.3. The van der Waals surface area contributed by atoms with Crippen LogP contribution in [0, 0.1) is 6.92 Å². The third-order valence-electron chi connectivity index (χ3n) is 3.18. The molecule has 0 aliphatic rings. The standard InChI is InChI=1S/C17H24O4/c1-5-20-17(19)9-6-14(18)11-21-15-7-8-16(12(2)3)13(4)10-15/h7-8,10,12H,5-6,9,11H2,1-4H3. The Morgan fingerprint density at radius 3 is 2.48 bits per heavy atom. The molecule has 0 aliphatic heterocycles. The Balaban J connectivity index is 2.43. The molecule has 4 nitrogen and oxygen atoms in total. The summed E-state index contributed by atoms with van der Waals surface area (Å²) in [5.41, 5.74) is 2.43.